The normalized spacial score (nSPS) is 14.4. The van der Waals surface area contributed by atoms with Crippen molar-refractivity contribution in [1.29, 1.82) is 0 Å². The lowest BCUT2D eigenvalue weighted by Gasteiger charge is -2.37. The van der Waals surface area contributed by atoms with Crippen molar-refractivity contribution >= 4 is 17.4 Å². The molecule has 0 bridgehead atoms. The van der Waals surface area contributed by atoms with Crippen molar-refractivity contribution in [3.8, 4) is 0 Å². The predicted octanol–water partition coefficient (Wildman–Crippen LogP) is 2.40. The quantitative estimate of drug-likeness (QED) is 0.802. The maximum Gasteiger partial charge on any atom is 0.324 e. The Morgan fingerprint density at radius 3 is 2.39 bits per heavy atom. The number of benzene rings is 1. The van der Waals surface area contributed by atoms with E-state index in [9.17, 15) is 4.79 Å². The number of hydrogen-bond donors (Lipinski definition) is 0. The molecule has 0 saturated carbocycles. The van der Waals surface area contributed by atoms with E-state index in [-0.39, 0.29) is 6.03 Å². The third-order valence-corrected chi connectivity index (χ3v) is 3.51. The molecule has 0 N–H and O–H groups in total. The molecule has 1 heterocycles. The van der Waals surface area contributed by atoms with Gasteiger partial charge in [0.1, 0.15) is 0 Å². The number of anilines is 2. The van der Waals surface area contributed by atoms with E-state index in [0.29, 0.717) is 0 Å². The smallest absolute Gasteiger partial charge is 0.324 e. The Morgan fingerprint density at radius 1 is 1.17 bits per heavy atom. The lowest BCUT2D eigenvalue weighted by molar-refractivity contribution is 0.210. The van der Waals surface area contributed by atoms with Crippen molar-refractivity contribution in [3.63, 3.8) is 0 Å². The van der Waals surface area contributed by atoms with Gasteiger partial charge in [0.25, 0.3) is 0 Å². The largest absolute Gasteiger partial charge is 0.371 e. The molecule has 0 radical (unpaired) electrons. The fraction of sp³-hybridized carbons (Fsp3) is 0.500. The monoisotopic (exact) mass is 247 g/mol. The highest BCUT2D eigenvalue weighted by Gasteiger charge is 2.26. The molecule has 0 unspecified atom stereocenters. The summed E-state index contributed by atoms with van der Waals surface area (Å²) in [5.41, 5.74) is 2.15. The molecule has 0 saturated heterocycles. The van der Waals surface area contributed by atoms with E-state index in [1.54, 1.807) is 0 Å². The number of rotatable bonds is 2. The number of urea groups is 1. The Kier molecular flexibility index (Phi) is 3.75. The highest BCUT2D eigenvalue weighted by molar-refractivity contribution is 5.96. The summed E-state index contributed by atoms with van der Waals surface area (Å²) >= 11 is 0. The first-order chi connectivity index (χ1) is 8.69. The second-order valence-electron chi connectivity index (χ2n) is 4.52. The van der Waals surface area contributed by atoms with Gasteiger partial charge in [-0.05, 0) is 26.0 Å². The molecule has 1 aromatic carbocycles. The first-order valence-electron chi connectivity index (χ1n) is 6.55. The number of hydrogen-bond acceptors (Lipinski definition) is 2. The summed E-state index contributed by atoms with van der Waals surface area (Å²) in [6, 6.07) is 8.20. The molecule has 1 aliphatic rings. The molecule has 0 atom stereocenters. The van der Waals surface area contributed by atoms with Gasteiger partial charge in [0.05, 0.1) is 11.4 Å². The third-order valence-electron chi connectivity index (χ3n) is 3.51. The van der Waals surface area contributed by atoms with Crippen molar-refractivity contribution in [2.24, 2.45) is 0 Å². The van der Waals surface area contributed by atoms with Gasteiger partial charge in [-0.3, -0.25) is 4.90 Å². The second kappa shape index (κ2) is 5.29. The number of carbonyl (C=O) groups excluding carboxylic acids is 1. The molecule has 1 aliphatic heterocycles. The number of likely N-dealkylation sites (N-methyl/N-ethyl adjacent to an activating group) is 1. The van der Waals surface area contributed by atoms with E-state index in [1.807, 2.05) is 41.8 Å². The zero-order valence-corrected chi connectivity index (χ0v) is 11.4. The van der Waals surface area contributed by atoms with Gasteiger partial charge in [0, 0.05) is 33.2 Å². The second-order valence-corrected chi connectivity index (χ2v) is 4.52. The molecular formula is C14H21N3O. The van der Waals surface area contributed by atoms with Crippen molar-refractivity contribution in [2.45, 2.75) is 13.8 Å². The van der Waals surface area contributed by atoms with E-state index in [1.165, 1.54) is 0 Å². The Balaban J connectivity index is 2.31. The van der Waals surface area contributed by atoms with E-state index >= 15 is 0 Å². The van der Waals surface area contributed by atoms with Crippen LogP contribution in [0.15, 0.2) is 24.3 Å². The van der Waals surface area contributed by atoms with Gasteiger partial charge < -0.3 is 9.80 Å². The average Bonchev–Trinajstić information content (AvgIpc) is 2.41. The minimum atomic E-state index is 0.112. The van der Waals surface area contributed by atoms with E-state index < -0.39 is 0 Å². The van der Waals surface area contributed by atoms with Gasteiger partial charge in [-0.25, -0.2) is 4.79 Å². The maximum absolute atomic E-state index is 12.5. The summed E-state index contributed by atoms with van der Waals surface area (Å²) in [5, 5.41) is 0. The molecule has 0 aliphatic carbocycles. The Morgan fingerprint density at radius 2 is 1.78 bits per heavy atom. The fourth-order valence-electron chi connectivity index (χ4n) is 2.37. The first kappa shape index (κ1) is 12.7. The number of carbonyl (C=O) groups is 1. The standard InChI is InChI=1S/C14H21N3O/c1-4-16(5-2)14(18)17-11-10-15(3)12-8-6-7-9-13(12)17/h6-9H,4-5,10-11H2,1-3H3. The summed E-state index contributed by atoms with van der Waals surface area (Å²) in [4.78, 5) is 18.4. The topological polar surface area (TPSA) is 26.8 Å². The lowest BCUT2D eigenvalue weighted by Crippen LogP contribution is -2.48. The minimum absolute atomic E-state index is 0.112. The molecule has 98 valence electrons. The van der Waals surface area contributed by atoms with Gasteiger partial charge in [-0.2, -0.15) is 0 Å². The van der Waals surface area contributed by atoms with Crippen LogP contribution in [0.2, 0.25) is 0 Å². The Bertz CT molecular complexity index is 429. The highest BCUT2D eigenvalue weighted by Crippen LogP contribution is 2.32. The molecule has 18 heavy (non-hydrogen) atoms. The van der Waals surface area contributed by atoms with Gasteiger partial charge in [-0.1, -0.05) is 12.1 Å². The van der Waals surface area contributed by atoms with Crippen molar-refractivity contribution in [2.75, 3.05) is 43.0 Å². The molecular weight excluding hydrogens is 226 g/mol. The van der Waals surface area contributed by atoms with Gasteiger partial charge >= 0.3 is 6.03 Å². The van der Waals surface area contributed by atoms with E-state index in [2.05, 4.69) is 18.0 Å². The fourth-order valence-corrected chi connectivity index (χ4v) is 2.37. The zero-order chi connectivity index (χ0) is 13.1. The lowest BCUT2D eigenvalue weighted by atomic mass is 10.2. The first-order valence-corrected chi connectivity index (χ1v) is 6.55. The van der Waals surface area contributed by atoms with Crippen LogP contribution in [0.3, 0.4) is 0 Å². The van der Waals surface area contributed by atoms with Gasteiger partial charge in [0.2, 0.25) is 0 Å². The summed E-state index contributed by atoms with van der Waals surface area (Å²) < 4.78 is 0. The number of amides is 2. The average molecular weight is 247 g/mol. The SMILES string of the molecule is CCN(CC)C(=O)N1CCN(C)c2ccccc21. The Hall–Kier alpha value is -1.71. The Labute approximate surface area is 109 Å². The molecule has 1 aromatic rings. The van der Waals surface area contributed by atoms with Crippen LogP contribution in [-0.2, 0) is 0 Å². The highest BCUT2D eigenvalue weighted by atomic mass is 16.2. The number of fused-ring (bicyclic) bond motifs is 1. The van der Waals surface area contributed by atoms with Crippen molar-refractivity contribution in [1.82, 2.24) is 4.90 Å². The van der Waals surface area contributed by atoms with Crippen LogP contribution in [0.25, 0.3) is 0 Å². The zero-order valence-electron chi connectivity index (χ0n) is 11.4. The number of nitrogens with zero attached hydrogens (tertiary/aromatic N) is 3. The molecule has 2 amide bonds. The summed E-state index contributed by atoms with van der Waals surface area (Å²) in [7, 11) is 2.07. The summed E-state index contributed by atoms with van der Waals surface area (Å²) in [6.45, 7) is 7.17. The van der Waals surface area contributed by atoms with Crippen LogP contribution < -0.4 is 9.80 Å². The molecule has 0 spiro atoms. The van der Waals surface area contributed by atoms with Crippen LogP contribution in [0.5, 0.6) is 0 Å². The van der Waals surface area contributed by atoms with Crippen LogP contribution in [0.1, 0.15) is 13.8 Å². The molecule has 0 fully saturated rings. The summed E-state index contributed by atoms with van der Waals surface area (Å²) in [6.07, 6.45) is 0. The molecule has 4 nitrogen and oxygen atoms in total. The predicted molar refractivity (Wildman–Crippen MR) is 75.4 cm³/mol. The van der Waals surface area contributed by atoms with Crippen LogP contribution in [0.4, 0.5) is 16.2 Å². The molecule has 4 heteroatoms. The maximum atomic E-state index is 12.5. The van der Waals surface area contributed by atoms with Crippen molar-refractivity contribution < 1.29 is 4.79 Å². The summed E-state index contributed by atoms with van der Waals surface area (Å²) in [5.74, 6) is 0. The molecule has 2 rings (SSSR count). The number of para-hydroxylation sites is 2. The molecule has 0 aromatic heterocycles. The van der Waals surface area contributed by atoms with E-state index in [0.717, 1.165) is 37.6 Å². The van der Waals surface area contributed by atoms with Crippen LogP contribution in [-0.4, -0.2) is 44.2 Å². The third kappa shape index (κ3) is 2.15. The van der Waals surface area contributed by atoms with E-state index in [4.69, 9.17) is 0 Å². The van der Waals surface area contributed by atoms with Gasteiger partial charge in [0.15, 0.2) is 0 Å². The van der Waals surface area contributed by atoms with Crippen molar-refractivity contribution in [3.05, 3.63) is 24.3 Å². The van der Waals surface area contributed by atoms with Crippen LogP contribution in [0, 0.1) is 0 Å². The van der Waals surface area contributed by atoms with Gasteiger partial charge in [-0.15, -0.1) is 0 Å². The minimum Gasteiger partial charge on any atom is -0.371 e. The van der Waals surface area contributed by atoms with Crippen LogP contribution >= 0.6 is 0 Å².